The Morgan fingerprint density at radius 3 is 3.12 bits per heavy atom. The van der Waals surface area contributed by atoms with Crippen LogP contribution in [0.1, 0.15) is 21.7 Å². The number of aryl methyl sites for hydroxylation is 2. The van der Waals surface area contributed by atoms with Crippen LogP contribution in [0.2, 0.25) is 0 Å². The number of carbonyl (C=O) groups excluding carboxylic acids is 1. The van der Waals surface area contributed by atoms with E-state index < -0.39 is 0 Å². The van der Waals surface area contributed by atoms with Gasteiger partial charge in [-0.2, -0.15) is 5.10 Å². The summed E-state index contributed by atoms with van der Waals surface area (Å²) >= 11 is 0. The molecule has 0 atom stereocenters. The van der Waals surface area contributed by atoms with Gasteiger partial charge in [-0.15, -0.1) is 0 Å². The van der Waals surface area contributed by atoms with Gasteiger partial charge in [-0.3, -0.25) is 4.79 Å². The van der Waals surface area contributed by atoms with Crippen molar-refractivity contribution in [1.29, 1.82) is 0 Å². The highest BCUT2D eigenvalue weighted by molar-refractivity contribution is 6.07. The molecule has 1 aromatic carbocycles. The molecule has 4 nitrogen and oxygen atoms in total. The topological polar surface area (TPSA) is 47.8 Å². The van der Waals surface area contributed by atoms with Crippen LogP contribution in [0.3, 0.4) is 0 Å². The molecule has 80 valence electrons. The van der Waals surface area contributed by atoms with Crippen LogP contribution in [0.15, 0.2) is 24.5 Å². The lowest BCUT2D eigenvalue weighted by atomic mass is 10.0. The average Bonchev–Trinajstić information content (AvgIpc) is 2.69. The van der Waals surface area contributed by atoms with Crippen LogP contribution in [-0.4, -0.2) is 20.5 Å². The van der Waals surface area contributed by atoms with Gasteiger partial charge in [-0.1, -0.05) is 0 Å². The SMILES string of the molecule is O=C1c2ccc(F)cc2CCn2ncnc21. The van der Waals surface area contributed by atoms with E-state index in [-0.39, 0.29) is 11.6 Å². The lowest BCUT2D eigenvalue weighted by molar-refractivity contribution is 0.102. The Morgan fingerprint density at radius 2 is 2.25 bits per heavy atom. The molecule has 2 heterocycles. The maximum atomic E-state index is 13.1. The first-order valence-corrected chi connectivity index (χ1v) is 4.96. The number of fused-ring (bicyclic) bond motifs is 2. The minimum absolute atomic E-state index is 0.190. The van der Waals surface area contributed by atoms with Gasteiger partial charge >= 0.3 is 0 Å². The molecule has 0 saturated carbocycles. The van der Waals surface area contributed by atoms with Crippen molar-refractivity contribution in [3.05, 3.63) is 47.3 Å². The van der Waals surface area contributed by atoms with Crippen molar-refractivity contribution < 1.29 is 9.18 Å². The highest BCUT2D eigenvalue weighted by atomic mass is 19.1. The molecule has 3 rings (SSSR count). The molecule has 0 unspecified atom stereocenters. The van der Waals surface area contributed by atoms with Crippen LogP contribution in [0.4, 0.5) is 4.39 Å². The molecule has 0 spiro atoms. The van der Waals surface area contributed by atoms with Gasteiger partial charge in [0.05, 0.1) is 0 Å². The summed E-state index contributed by atoms with van der Waals surface area (Å²) in [4.78, 5) is 16.0. The van der Waals surface area contributed by atoms with Gasteiger partial charge in [0, 0.05) is 12.1 Å². The molecule has 0 N–H and O–H groups in total. The van der Waals surface area contributed by atoms with Gasteiger partial charge < -0.3 is 0 Å². The first kappa shape index (κ1) is 9.21. The Morgan fingerprint density at radius 1 is 1.38 bits per heavy atom. The van der Waals surface area contributed by atoms with Gasteiger partial charge in [0.15, 0.2) is 5.82 Å². The first-order valence-electron chi connectivity index (χ1n) is 4.96. The second-order valence-corrected chi connectivity index (χ2v) is 3.69. The zero-order chi connectivity index (χ0) is 11.1. The fraction of sp³-hybridized carbons (Fsp3) is 0.182. The number of rotatable bonds is 0. The fourth-order valence-electron chi connectivity index (χ4n) is 1.94. The number of benzene rings is 1. The second-order valence-electron chi connectivity index (χ2n) is 3.69. The molecule has 2 aromatic rings. The van der Waals surface area contributed by atoms with Crippen LogP contribution in [0.5, 0.6) is 0 Å². The predicted molar refractivity (Wildman–Crippen MR) is 53.6 cm³/mol. The van der Waals surface area contributed by atoms with Crippen molar-refractivity contribution >= 4 is 5.78 Å². The Balaban J connectivity index is 2.20. The Kier molecular flexibility index (Phi) is 1.86. The van der Waals surface area contributed by atoms with Crippen LogP contribution in [0.25, 0.3) is 0 Å². The quantitative estimate of drug-likeness (QED) is 0.666. The molecular formula is C11H8FN3O. The Labute approximate surface area is 90.7 Å². The number of carbonyl (C=O) groups is 1. The van der Waals surface area contributed by atoms with E-state index in [1.54, 1.807) is 4.68 Å². The van der Waals surface area contributed by atoms with Crippen LogP contribution in [0, 0.1) is 5.82 Å². The van der Waals surface area contributed by atoms with E-state index >= 15 is 0 Å². The molecule has 0 radical (unpaired) electrons. The highest BCUT2D eigenvalue weighted by Gasteiger charge is 2.23. The number of hydrogen-bond acceptors (Lipinski definition) is 3. The largest absolute Gasteiger partial charge is 0.285 e. The Bertz CT molecular complexity index is 576. The van der Waals surface area contributed by atoms with Gasteiger partial charge in [0.1, 0.15) is 12.1 Å². The molecule has 1 aromatic heterocycles. The van der Waals surface area contributed by atoms with Gasteiger partial charge in [-0.05, 0) is 30.2 Å². The number of nitrogens with zero attached hydrogens (tertiary/aromatic N) is 3. The summed E-state index contributed by atoms with van der Waals surface area (Å²) < 4.78 is 14.6. The number of halogens is 1. The zero-order valence-corrected chi connectivity index (χ0v) is 8.35. The van der Waals surface area contributed by atoms with Crippen molar-refractivity contribution in [2.75, 3.05) is 0 Å². The Hall–Kier alpha value is -2.04. The van der Waals surface area contributed by atoms with Crippen molar-refractivity contribution in [3.8, 4) is 0 Å². The van der Waals surface area contributed by atoms with E-state index in [0.717, 1.165) is 5.56 Å². The molecule has 0 fully saturated rings. The molecule has 0 amide bonds. The van der Waals surface area contributed by atoms with Crippen molar-refractivity contribution in [2.24, 2.45) is 0 Å². The summed E-state index contributed by atoms with van der Waals surface area (Å²) in [6.07, 6.45) is 1.96. The predicted octanol–water partition coefficient (Wildman–Crippen LogP) is 1.20. The summed E-state index contributed by atoms with van der Waals surface area (Å²) in [5.41, 5.74) is 1.24. The normalized spacial score (nSPS) is 14.2. The molecule has 1 aliphatic rings. The minimum Gasteiger partial charge on any atom is -0.285 e. The number of ketones is 1. The summed E-state index contributed by atoms with van der Waals surface area (Å²) in [5.74, 6) is -0.186. The van der Waals surface area contributed by atoms with E-state index in [1.165, 1.54) is 24.5 Å². The monoisotopic (exact) mass is 217 g/mol. The standard InChI is InChI=1S/C11H8FN3O/c12-8-1-2-9-7(5-8)3-4-15-11(10(9)16)13-6-14-15/h1-2,5-6H,3-4H2. The maximum Gasteiger partial charge on any atom is 0.230 e. The highest BCUT2D eigenvalue weighted by Crippen LogP contribution is 2.19. The van der Waals surface area contributed by atoms with Crippen LogP contribution < -0.4 is 0 Å². The third-order valence-corrected chi connectivity index (χ3v) is 2.72. The molecule has 0 bridgehead atoms. The van der Waals surface area contributed by atoms with E-state index in [4.69, 9.17) is 0 Å². The van der Waals surface area contributed by atoms with Crippen molar-refractivity contribution in [2.45, 2.75) is 13.0 Å². The van der Waals surface area contributed by atoms with Crippen molar-refractivity contribution in [3.63, 3.8) is 0 Å². The van der Waals surface area contributed by atoms with E-state index in [1.807, 2.05) is 0 Å². The average molecular weight is 217 g/mol. The van der Waals surface area contributed by atoms with Crippen LogP contribution in [-0.2, 0) is 13.0 Å². The van der Waals surface area contributed by atoms with Gasteiger partial charge in [-0.25, -0.2) is 14.1 Å². The molecule has 0 saturated heterocycles. The van der Waals surface area contributed by atoms with Gasteiger partial charge in [0.25, 0.3) is 0 Å². The summed E-state index contributed by atoms with van der Waals surface area (Å²) in [7, 11) is 0. The van der Waals surface area contributed by atoms with E-state index in [9.17, 15) is 9.18 Å². The molecule has 1 aliphatic heterocycles. The van der Waals surface area contributed by atoms with Crippen molar-refractivity contribution in [1.82, 2.24) is 14.8 Å². The van der Waals surface area contributed by atoms with Crippen LogP contribution >= 0.6 is 0 Å². The second kappa shape index (κ2) is 3.23. The minimum atomic E-state index is -0.320. The zero-order valence-electron chi connectivity index (χ0n) is 8.35. The third kappa shape index (κ3) is 1.25. The lowest BCUT2D eigenvalue weighted by Gasteiger charge is -2.02. The van der Waals surface area contributed by atoms with E-state index in [2.05, 4.69) is 10.1 Å². The fourth-order valence-corrected chi connectivity index (χ4v) is 1.94. The van der Waals surface area contributed by atoms with Gasteiger partial charge in [0.2, 0.25) is 5.78 Å². The molecular weight excluding hydrogens is 209 g/mol. The maximum absolute atomic E-state index is 13.1. The smallest absolute Gasteiger partial charge is 0.230 e. The number of aromatic nitrogens is 3. The number of hydrogen-bond donors (Lipinski definition) is 0. The first-order chi connectivity index (χ1) is 7.75. The summed E-state index contributed by atoms with van der Waals surface area (Å²) in [5, 5.41) is 3.96. The molecule has 16 heavy (non-hydrogen) atoms. The molecule has 5 heteroatoms. The lowest BCUT2D eigenvalue weighted by Crippen LogP contribution is -2.09. The third-order valence-electron chi connectivity index (χ3n) is 2.72. The summed E-state index contributed by atoms with van der Waals surface area (Å²) in [6.45, 7) is 0.553. The summed E-state index contributed by atoms with van der Waals surface area (Å²) in [6, 6.07) is 4.21. The van der Waals surface area contributed by atoms with E-state index in [0.29, 0.717) is 24.4 Å². The molecule has 0 aliphatic carbocycles.